The fraction of sp³-hybridized carbons (Fsp3) is 0.500. The second kappa shape index (κ2) is 7.58. The lowest BCUT2D eigenvalue weighted by Gasteiger charge is -2.27. The van der Waals surface area contributed by atoms with Crippen LogP contribution >= 0.6 is 0 Å². The van der Waals surface area contributed by atoms with Gasteiger partial charge in [0.15, 0.2) is 0 Å². The summed E-state index contributed by atoms with van der Waals surface area (Å²) in [4.78, 5) is 14.3. The molecule has 0 atom stereocenters. The molecule has 0 aliphatic rings. The van der Waals surface area contributed by atoms with Gasteiger partial charge >= 0.3 is 0 Å². The second-order valence-corrected chi connectivity index (χ2v) is 4.99. The molecule has 3 heteroatoms. The summed E-state index contributed by atoms with van der Waals surface area (Å²) in [5.41, 5.74) is 1.13. The number of hydrogen-bond donors (Lipinski definition) is 0. The van der Waals surface area contributed by atoms with Crippen LogP contribution in [0.25, 0.3) is 0 Å². The Bertz CT molecular complexity index is 460. The van der Waals surface area contributed by atoms with Crippen LogP contribution in [0.1, 0.15) is 56.0 Å². The van der Waals surface area contributed by atoms with Gasteiger partial charge in [-0.05, 0) is 38.5 Å². The minimum absolute atomic E-state index is 0.0169. The van der Waals surface area contributed by atoms with E-state index < -0.39 is 0 Å². The molecule has 0 spiro atoms. The fourth-order valence-corrected chi connectivity index (χ4v) is 2.01. The highest BCUT2D eigenvalue weighted by Gasteiger charge is 2.18. The Morgan fingerprint density at radius 3 is 2.68 bits per heavy atom. The molecule has 0 unspecified atom stereocenters. The highest BCUT2D eigenvalue weighted by Crippen LogP contribution is 2.12. The van der Waals surface area contributed by atoms with Crippen LogP contribution in [0.2, 0.25) is 0 Å². The van der Waals surface area contributed by atoms with E-state index in [1.54, 1.807) is 24.3 Å². The molecule has 0 heterocycles. The predicted molar refractivity (Wildman–Crippen MR) is 76.9 cm³/mol. The van der Waals surface area contributed by atoms with Crippen LogP contribution in [-0.2, 0) is 0 Å². The molecule has 102 valence electrons. The van der Waals surface area contributed by atoms with Gasteiger partial charge in [-0.1, -0.05) is 25.8 Å². The number of amides is 1. The molecule has 0 aromatic heterocycles. The second-order valence-electron chi connectivity index (χ2n) is 4.99. The van der Waals surface area contributed by atoms with Crippen molar-refractivity contribution >= 4 is 5.91 Å². The van der Waals surface area contributed by atoms with Crippen molar-refractivity contribution in [2.75, 3.05) is 6.54 Å². The lowest BCUT2D eigenvalue weighted by Crippen LogP contribution is -2.37. The normalized spacial score (nSPS) is 10.3. The first-order valence-corrected chi connectivity index (χ1v) is 6.91. The van der Waals surface area contributed by atoms with Crippen molar-refractivity contribution in [3.8, 4) is 6.07 Å². The largest absolute Gasteiger partial charge is 0.336 e. The quantitative estimate of drug-likeness (QED) is 0.732. The van der Waals surface area contributed by atoms with Crippen molar-refractivity contribution in [1.29, 1.82) is 5.26 Å². The highest BCUT2D eigenvalue weighted by molar-refractivity contribution is 5.94. The van der Waals surface area contributed by atoms with Gasteiger partial charge in [-0.3, -0.25) is 4.79 Å². The standard InChI is InChI=1S/C16H22N2O/c1-4-5-6-10-18(13(2)3)16(19)15-9-7-8-14(11-15)12-17/h7-9,11,13H,4-6,10H2,1-3H3. The van der Waals surface area contributed by atoms with E-state index in [0.717, 1.165) is 25.8 Å². The van der Waals surface area contributed by atoms with Crippen molar-refractivity contribution in [1.82, 2.24) is 4.90 Å². The number of carbonyl (C=O) groups excluding carboxylic acids is 1. The van der Waals surface area contributed by atoms with E-state index in [0.29, 0.717) is 11.1 Å². The molecule has 3 nitrogen and oxygen atoms in total. The Labute approximate surface area is 115 Å². The summed E-state index contributed by atoms with van der Waals surface area (Å²) in [5.74, 6) is 0.0169. The van der Waals surface area contributed by atoms with Crippen molar-refractivity contribution in [2.24, 2.45) is 0 Å². The lowest BCUT2D eigenvalue weighted by atomic mass is 10.1. The van der Waals surface area contributed by atoms with Gasteiger partial charge in [0.2, 0.25) is 0 Å². The van der Waals surface area contributed by atoms with E-state index in [1.807, 2.05) is 18.7 Å². The third-order valence-electron chi connectivity index (χ3n) is 3.13. The minimum atomic E-state index is 0.0169. The summed E-state index contributed by atoms with van der Waals surface area (Å²) in [6.07, 6.45) is 3.30. The Morgan fingerprint density at radius 2 is 2.11 bits per heavy atom. The average molecular weight is 258 g/mol. The Balaban J connectivity index is 2.83. The van der Waals surface area contributed by atoms with Crippen LogP contribution < -0.4 is 0 Å². The number of nitriles is 1. The van der Waals surface area contributed by atoms with E-state index in [2.05, 4.69) is 13.0 Å². The predicted octanol–water partition coefficient (Wildman–Crippen LogP) is 3.60. The molecular formula is C16H22N2O. The maximum absolute atomic E-state index is 12.5. The van der Waals surface area contributed by atoms with Crippen LogP contribution in [-0.4, -0.2) is 23.4 Å². The summed E-state index contributed by atoms with van der Waals surface area (Å²) in [6.45, 7) is 6.98. The molecule has 0 N–H and O–H groups in total. The number of hydrogen-bond acceptors (Lipinski definition) is 2. The van der Waals surface area contributed by atoms with E-state index >= 15 is 0 Å². The number of benzene rings is 1. The van der Waals surface area contributed by atoms with Crippen molar-refractivity contribution in [2.45, 2.75) is 46.1 Å². The van der Waals surface area contributed by atoms with Gasteiger partial charge in [0, 0.05) is 18.2 Å². The summed E-state index contributed by atoms with van der Waals surface area (Å²) in [7, 11) is 0. The lowest BCUT2D eigenvalue weighted by molar-refractivity contribution is 0.0702. The molecule has 0 aliphatic heterocycles. The molecule has 0 saturated carbocycles. The first-order chi connectivity index (χ1) is 9.10. The summed E-state index contributed by atoms with van der Waals surface area (Å²) in [5, 5.41) is 8.89. The maximum Gasteiger partial charge on any atom is 0.254 e. The SMILES string of the molecule is CCCCCN(C(=O)c1cccc(C#N)c1)C(C)C. The van der Waals surface area contributed by atoms with Gasteiger partial charge in [0.05, 0.1) is 11.6 Å². The number of nitrogens with zero attached hydrogens (tertiary/aromatic N) is 2. The Hall–Kier alpha value is -1.82. The molecular weight excluding hydrogens is 236 g/mol. The van der Waals surface area contributed by atoms with Gasteiger partial charge in [0.1, 0.15) is 0 Å². The van der Waals surface area contributed by atoms with Crippen LogP contribution in [0.15, 0.2) is 24.3 Å². The summed E-state index contributed by atoms with van der Waals surface area (Å²) in [6, 6.07) is 9.16. The van der Waals surface area contributed by atoms with Crippen LogP contribution in [0, 0.1) is 11.3 Å². The van der Waals surface area contributed by atoms with E-state index in [9.17, 15) is 4.79 Å². The third kappa shape index (κ3) is 4.40. The fourth-order valence-electron chi connectivity index (χ4n) is 2.01. The molecule has 19 heavy (non-hydrogen) atoms. The van der Waals surface area contributed by atoms with Gasteiger partial charge in [0.25, 0.3) is 5.91 Å². The zero-order chi connectivity index (χ0) is 14.3. The Kier molecular flexibility index (Phi) is 6.08. The first kappa shape index (κ1) is 15.2. The first-order valence-electron chi connectivity index (χ1n) is 6.91. The van der Waals surface area contributed by atoms with Gasteiger partial charge < -0.3 is 4.90 Å². The summed E-state index contributed by atoms with van der Waals surface area (Å²) < 4.78 is 0. The van der Waals surface area contributed by atoms with Gasteiger partial charge in [-0.25, -0.2) is 0 Å². The van der Waals surface area contributed by atoms with E-state index in [4.69, 9.17) is 5.26 Å². The molecule has 1 amide bonds. The van der Waals surface area contributed by atoms with Crippen molar-refractivity contribution < 1.29 is 4.79 Å². The zero-order valence-corrected chi connectivity index (χ0v) is 12.0. The van der Waals surface area contributed by atoms with Crippen molar-refractivity contribution in [3.05, 3.63) is 35.4 Å². The monoisotopic (exact) mass is 258 g/mol. The maximum atomic E-state index is 12.5. The smallest absolute Gasteiger partial charge is 0.254 e. The van der Waals surface area contributed by atoms with Crippen LogP contribution in [0.3, 0.4) is 0 Å². The van der Waals surface area contributed by atoms with Gasteiger partial charge in [-0.2, -0.15) is 5.26 Å². The van der Waals surface area contributed by atoms with E-state index in [-0.39, 0.29) is 11.9 Å². The molecule has 1 rings (SSSR count). The number of unbranched alkanes of at least 4 members (excludes halogenated alkanes) is 2. The molecule has 0 saturated heterocycles. The molecule has 1 aromatic rings. The zero-order valence-electron chi connectivity index (χ0n) is 12.0. The molecule has 1 aromatic carbocycles. The third-order valence-corrected chi connectivity index (χ3v) is 3.13. The highest BCUT2D eigenvalue weighted by atomic mass is 16.2. The molecule has 0 fully saturated rings. The average Bonchev–Trinajstić information content (AvgIpc) is 2.42. The Morgan fingerprint density at radius 1 is 1.37 bits per heavy atom. The molecule has 0 aliphatic carbocycles. The number of rotatable bonds is 6. The molecule has 0 bridgehead atoms. The molecule has 0 radical (unpaired) electrons. The van der Waals surface area contributed by atoms with Crippen LogP contribution in [0.5, 0.6) is 0 Å². The van der Waals surface area contributed by atoms with Crippen molar-refractivity contribution in [3.63, 3.8) is 0 Å². The topological polar surface area (TPSA) is 44.1 Å². The van der Waals surface area contributed by atoms with Gasteiger partial charge in [-0.15, -0.1) is 0 Å². The number of carbonyl (C=O) groups is 1. The minimum Gasteiger partial charge on any atom is -0.336 e. The van der Waals surface area contributed by atoms with Crippen LogP contribution in [0.4, 0.5) is 0 Å². The summed E-state index contributed by atoms with van der Waals surface area (Å²) >= 11 is 0. The van der Waals surface area contributed by atoms with E-state index in [1.165, 1.54) is 0 Å².